The molecule has 0 saturated carbocycles. The molecule has 0 saturated heterocycles. The molecule has 3 heterocycles. The van der Waals surface area contributed by atoms with Crippen molar-refractivity contribution in [2.45, 2.75) is 12.8 Å². The third kappa shape index (κ3) is 2.76. The van der Waals surface area contributed by atoms with Gasteiger partial charge in [-0.15, -0.1) is 11.3 Å². The molecule has 0 aliphatic rings. The van der Waals surface area contributed by atoms with Crippen LogP contribution in [0.5, 0.6) is 0 Å². The molecule has 3 rings (SSSR count). The molecule has 5 nitrogen and oxygen atoms in total. The first-order valence-corrected chi connectivity index (χ1v) is 7.42. The molecule has 0 unspecified atom stereocenters. The summed E-state index contributed by atoms with van der Waals surface area (Å²) in [6.07, 6.45) is 5.21. The Morgan fingerprint density at radius 3 is 3.00 bits per heavy atom. The van der Waals surface area contributed by atoms with E-state index in [0.29, 0.717) is 11.7 Å². The van der Waals surface area contributed by atoms with Gasteiger partial charge in [0, 0.05) is 35.2 Å². The number of hydrogen-bond donors (Lipinski definition) is 0. The van der Waals surface area contributed by atoms with Gasteiger partial charge in [-0.05, 0) is 28.4 Å². The first kappa shape index (κ1) is 12.6. The summed E-state index contributed by atoms with van der Waals surface area (Å²) < 4.78 is 8.30. The maximum atomic E-state index is 5.27. The van der Waals surface area contributed by atoms with Crippen molar-refractivity contribution in [1.82, 2.24) is 19.7 Å². The molecule has 0 spiro atoms. The maximum Gasteiger partial charge on any atom is 0.227 e. The van der Waals surface area contributed by atoms with Gasteiger partial charge in [0.05, 0.1) is 11.2 Å². The van der Waals surface area contributed by atoms with Crippen molar-refractivity contribution in [2.75, 3.05) is 0 Å². The topological polar surface area (TPSA) is 56.7 Å². The molecule has 0 aromatic carbocycles. The first-order chi connectivity index (χ1) is 9.22. The highest BCUT2D eigenvalue weighted by Gasteiger charge is 2.11. The predicted octanol–water partition coefficient (Wildman–Crippen LogP) is 3.08. The van der Waals surface area contributed by atoms with Crippen molar-refractivity contribution in [2.24, 2.45) is 7.05 Å². The highest BCUT2D eigenvalue weighted by molar-refractivity contribution is 9.10. The fourth-order valence-electron chi connectivity index (χ4n) is 1.75. The van der Waals surface area contributed by atoms with Crippen LogP contribution in [-0.4, -0.2) is 19.7 Å². The lowest BCUT2D eigenvalue weighted by molar-refractivity contribution is 0.378. The summed E-state index contributed by atoms with van der Waals surface area (Å²) in [5, 5.41) is 6.00. The van der Waals surface area contributed by atoms with E-state index in [2.05, 4.69) is 31.1 Å². The zero-order chi connectivity index (χ0) is 13.2. The molecule has 0 aliphatic carbocycles. The monoisotopic (exact) mass is 338 g/mol. The summed E-state index contributed by atoms with van der Waals surface area (Å²) in [6, 6.07) is 1.99. The van der Waals surface area contributed by atoms with E-state index in [-0.39, 0.29) is 0 Å². The molecule has 19 heavy (non-hydrogen) atoms. The summed E-state index contributed by atoms with van der Waals surface area (Å²) in [4.78, 5) is 9.49. The second-order valence-corrected chi connectivity index (χ2v) is 5.96. The predicted molar refractivity (Wildman–Crippen MR) is 75.9 cm³/mol. The van der Waals surface area contributed by atoms with Crippen LogP contribution >= 0.6 is 27.3 Å². The minimum atomic E-state index is 0.649. The fraction of sp³-hybridized carbons (Fsp3) is 0.250. The molecule has 0 aliphatic heterocycles. The van der Waals surface area contributed by atoms with Crippen LogP contribution in [0.15, 0.2) is 33.0 Å². The van der Waals surface area contributed by atoms with Gasteiger partial charge in [0.15, 0.2) is 0 Å². The minimum Gasteiger partial charge on any atom is -0.339 e. The Labute approximate surface area is 122 Å². The van der Waals surface area contributed by atoms with E-state index in [0.717, 1.165) is 27.9 Å². The zero-order valence-corrected chi connectivity index (χ0v) is 12.6. The van der Waals surface area contributed by atoms with Crippen LogP contribution in [0.3, 0.4) is 0 Å². The Balaban J connectivity index is 1.70. The summed E-state index contributed by atoms with van der Waals surface area (Å²) in [5.41, 5.74) is 1.15. The second-order valence-electron chi connectivity index (χ2n) is 4.14. The van der Waals surface area contributed by atoms with Crippen LogP contribution in [0, 0.1) is 0 Å². The van der Waals surface area contributed by atoms with Gasteiger partial charge in [-0.1, -0.05) is 5.16 Å². The Morgan fingerprint density at radius 1 is 1.42 bits per heavy atom. The van der Waals surface area contributed by atoms with Crippen LogP contribution in [0.25, 0.3) is 10.7 Å². The normalized spacial score (nSPS) is 11.1. The first-order valence-electron chi connectivity index (χ1n) is 5.74. The van der Waals surface area contributed by atoms with Crippen LogP contribution in [0.1, 0.15) is 11.6 Å². The summed E-state index contributed by atoms with van der Waals surface area (Å²) >= 11 is 5.00. The number of halogens is 1. The van der Waals surface area contributed by atoms with Crippen LogP contribution in [-0.2, 0) is 19.9 Å². The molecule has 0 fully saturated rings. The van der Waals surface area contributed by atoms with Gasteiger partial charge in [0.2, 0.25) is 11.7 Å². The zero-order valence-electron chi connectivity index (χ0n) is 10.2. The Hall–Kier alpha value is -1.47. The van der Waals surface area contributed by atoms with Gasteiger partial charge in [-0.25, -0.2) is 4.98 Å². The van der Waals surface area contributed by atoms with E-state index < -0.39 is 0 Å². The van der Waals surface area contributed by atoms with Crippen LogP contribution in [0.2, 0.25) is 0 Å². The van der Waals surface area contributed by atoms with Gasteiger partial charge in [-0.2, -0.15) is 4.98 Å². The average molecular weight is 339 g/mol. The lowest BCUT2D eigenvalue weighted by Crippen LogP contribution is -1.98. The van der Waals surface area contributed by atoms with Gasteiger partial charge in [-0.3, -0.25) is 0 Å². The lowest BCUT2D eigenvalue weighted by Gasteiger charge is -1.98. The Morgan fingerprint density at radius 2 is 2.32 bits per heavy atom. The molecule has 3 aromatic rings. The van der Waals surface area contributed by atoms with E-state index in [1.54, 1.807) is 17.7 Å². The summed E-state index contributed by atoms with van der Waals surface area (Å²) in [5.74, 6) is 1.30. The van der Waals surface area contributed by atoms with Crippen molar-refractivity contribution >= 4 is 27.3 Å². The van der Waals surface area contributed by atoms with Gasteiger partial charge in [0.25, 0.3) is 0 Å². The fourth-order valence-corrected chi connectivity index (χ4v) is 3.10. The van der Waals surface area contributed by atoms with Crippen molar-refractivity contribution in [3.63, 3.8) is 0 Å². The maximum absolute atomic E-state index is 5.27. The van der Waals surface area contributed by atoms with E-state index in [4.69, 9.17) is 4.52 Å². The smallest absolute Gasteiger partial charge is 0.227 e. The number of aromatic nitrogens is 4. The van der Waals surface area contributed by atoms with E-state index in [1.165, 1.54) is 0 Å². The molecular formula is C12H11BrN4OS. The van der Waals surface area contributed by atoms with E-state index in [9.17, 15) is 0 Å². The summed E-state index contributed by atoms with van der Waals surface area (Å²) in [7, 11) is 1.98. The van der Waals surface area contributed by atoms with Crippen molar-refractivity contribution in [3.05, 3.63) is 40.0 Å². The number of hydrogen-bond acceptors (Lipinski definition) is 5. The molecule has 0 bridgehead atoms. The standard InChI is InChI=1S/C12H11BrN4OS/c1-17-7-14-5-9(17)2-3-11-15-12(16-18-11)10-4-8(13)6-19-10/h4-7H,2-3H2,1H3. The SMILES string of the molecule is Cn1cncc1CCc1nc(-c2cc(Br)cs2)no1. The van der Waals surface area contributed by atoms with Crippen molar-refractivity contribution in [1.29, 1.82) is 0 Å². The highest BCUT2D eigenvalue weighted by Crippen LogP contribution is 2.27. The van der Waals surface area contributed by atoms with E-state index >= 15 is 0 Å². The quantitative estimate of drug-likeness (QED) is 0.733. The number of nitrogens with zero attached hydrogens (tertiary/aromatic N) is 4. The molecule has 3 aromatic heterocycles. The number of aryl methyl sites for hydroxylation is 3. The largest absolute Gasteiger partial charge is 0.339 e. The molecule has 0 radical (unpaired) electrons. The second kappa shape index (κ2) is 5.26. The molecular weight excluding hydrogens is 328 g/mol. The number of rotatable bonds is 4. The van der Waals surface area contributed by atoms with Gasteiger partial charge < -0.3 is 9.09 Å². The molecule has 7 heteroatoms. The minimum absolute atomic E-state index is 0.649. The van der Waals surface area contributed by atoms with Crippen molar-refractivity contribution < 1.29 is 4.52 Å². The third-order valence-electron chi connectivity index (χ3n) is 2.77. The molecule has 0 atom stereocenters. The third-order valence-corrected chi connectivity index (χ3v) is 4.45. The lowest BCUT2D eigenvalue weighted by atomic mass is 10.2. The van der Waals surface area contributed by atoms with Gasteiger partial charge in [0.1, 0.15) is 0 Å². The molecule has 0 amide bonds. The average Bonchev–Trinajstić information content (AvgIpc) is 3.08. The Bertz CT molecular complexity index is 687. The van der Waals surface area contributed by atoms with Crippen LogP contribution in [0.4, 0.5) is 0 Å². The number of imidazole rings is 1. The molecule has 98 valence electrons. The summed E-state index contributed by atoms with van der Waals surface area (Å²) in [6.45, 7) is 0. The highest BCUT2D eigenvalue weighted by atomic mass is 79.9. The number of thiophene rings is 1. The van der Waals surface area contributed by atoms with Gasteiger partial charge >= 0.3 is 0 Å². The Kier molecular flexibility index (Phi) is 3.48. The molecule has 0 N–H and O–H groups in total. The van der Waals surface area contributed by atoms with E-state index in [1.807, 2.05) is 29.3 Å². The van der Waals surface area contributed by atoms with Crippen molar-refractivity contribution in [3.8, 4) is 10.7 Å². The van der Waals surface area contributed by atoms with Crippen LogP contribution < -0.4 is 0 Å².